The Morgan fingerprint density at radius 3 is 2.63 bits per heavy atom. The van der Waals surface area contributed by atoms with E-state index in [9.17, 15) is 0 Å². The summed E-state index contributed by atoms with van der Waals surface area (Å²) in [6, 6.07) is 7.68. The van der Waals surface area contributed by atoms with Crippen molar-refractivity contribution in [2.75, 3.05) is 46.6 Å². The highest BCUT2D eigenvalue weighted by Gasteiger charge is 2.07. The summed E-state index contributed by atoms with van der Waals surface area (Å²) in [5, 5.41) is 0. The third-order valence-electron chi connectivity index (χ3n) is 3.04. The van der Waals surface area contributed by atoms with Crippen molar-refractivity contribution in [3.8, 4) is 11.5 Å². The van der Waals surface area contributed by atoms with Crippen molar-refractivity contribution in [1.29, 1.82) is 0 Å². The van der Waals surface area contributed by atoms with Gasteiger partial charge in [0.15, 0.2) is 11.5 Å². The van der Waals surface area contributed by atoms with Crippen molar-refractivity contribution in [1.82, 2.24) is 4.90 Å². The van der Waals surface area contributed by atoms with Crippen LogP contribution in [0.4, 0.5) is 0 Å². The van der Waals surface area contributed by atoms with Gasteiger partial charge in [0.25, 0.3) is 0 Å². The number of morpholine rings is 1. The van der Waals surface area contributed by atoms with Gasteiger partial charge in [0.05, 0.1) is 20.3 Å². The summed E-state index contributed by atoms with van der Waals surface area (Å²) in [6.07, 6.45) is 4.18. The van der Waals surface area contributed by atoms with Gasteiger partial charge in [-0.3, -0.25) is 4.90 Å². The fraction of sp³-hybridized carbons (Fsp3) is 0.467. The highest BCUT2D eigenvalue weighted by molar-refractivity contribution is 5.39. The number of methoxy groups -OCH3 is 1. The van der Waals surface area contributed by atoms with Gasteiger partial charge in [-0.05, 0) is 12.1 Å². The fourth-order valence-electron chi connectivity index (χ4n) is 1.95. The summed E-state index contributed by atoms with van der Waals surface area (Å²) in [6.45, 7) is 5.22. The molecule has 0 bridgehead atoms. The lowest BCUT2D eigenvalue weighted by Crippen LogP contribution is -2.36. The predicted octanol–water partition coefficient (Wildman–Crippen LogP) is 1.96. The molecule has 1 saturated heterocycles. The molecule has 4 heteroatoms. The maximum absolute atomic E-state index is 5.66. The Bertz CT molecular complexity index is 400. The largest absolute Gasteiger partial charge is 0.493 e. The minimum absolute atomic E-state index is 0.560. The molecule has 0 unspecified atom stereocenters. The van der Waals surface area contributed by atoms with Gasteiger partial charge in [-0.1, -0.05) is 24.3 Å². The van der Waals surface area contributed by atoms with Crippen LogP contribution in [0.5, 0.6) is 11.5 Å². The van der Waals surface area contributed by atoms with Gasteiger partial charge in [-0.2, -0.15) is 0 Å². The van der Waals surface area contributed by atoms with Gasteiger partial charge in [0.2, 0.25) is 0 Å². The smallest absolute Gasteiger partial charge is 0.161 e. The topological polar surface area (TPSA) is 30.9 Å². The van der Waals surface area contributed by atoms with E-state index < -0.39 is 0 Å². The predicted molar refractivity (Wildman–Crippen MR) is 74.9 cm³/mol. The minimum Gasteiger partial charge on any atom is -0.493 e. The molecule has 1 aromatic rings. The molecule has 0 aliphatic carbocycles. The van der Waals surface area contributed by atoms with Crippen molar-refractivity contribution in [2.45, 2.75) is 0 Å². The first-order valence-electron chi connectivity index (χ1n) is 6.61. The lowest BCUT2D eigenvalue weighted by atomic mass is 10.3. The van der Waals surface area contributed by atoms with Crippen LogP contribution < -0.4 is 9.47 Å². The summed E-state index contributed by atoms with van der Waals surface area (Å²) in [5.74, 6) is 1.55. The SMILES string of the molecule is COc1ccccc1OC/C=C/CN1CCOCC1. The molecule has 0 spiro atoms. The highest BCUT2D eigenvalue weighted by Crippen LogP contribution is 2.25. The molecule has 0 aromatic heterocycles. The molecule has 0 saturated carbocycles. The summed E-state index contributed by atoms with van der Waals surface area (Å²) in [4.78, 5) is 2.36. The second-order valence-corrected chi connectivity index (χ2v) is 4.35. The van der Waals surface area contributed by atoms with Gasteiger partial charge < -0.3 is 14.2 Å². The van der Waals surface area contributed by atoms with E-state index in [0.717, 1.165) is 44.3 Å². The van der Waals surface area contributed by atoms with E-state index in [1.165, 1.54) is 0 Å². The Labute approximate surface area is 114 Å². The summed E-state index contributed by atoms with van der Waals surface area (Å²) in [5.41, 5.74) is 0. The Morgan fingerprint density at radius 1 is 1.16 bits per heavy atom. The van der Waals surface area contributed by atoms with Crippen LogP contribution in [-0.4, -0.2) is 51.5 Å². The van der Waals surface area contributed by atoms with E-state index in [4.69, 9.17) is 14.2 Å². The Hall–Kier alpha value is -1.52. The number of hydrogen-bond donors (Lipinski definition) is 0. The molecule has 1 heterocycles. The van der Waals surface area contributed by atoms with Gasteiger partial charge in [0, 0.05) is 19.6 Å². The standard InChI is InChI=1S/C15H21NO3/c1-17-14-6-2-3-7-15(14)19-11-5-4-8-16-9-12-18-13-10-16/h2-7H,8-13H2,1H3/b5-4+. The van der Waals surface area contributed by atoms with E-state index >= 15 is 0 Å². The number of para-hydroxylation sites is 2. The van der Waals surface area contributed by atoms with E-state index in [1.807, 2.05) is 30.3 Å². The van der Waals surface area contributed by atoms with E-state index in [2.05, 4.69) is 11.0 Å². The first-order valence-corrected chi connectivity index (χ1v) is 6.61. The Balaban J connectivity index is 1.70. The number of rotatable bonds is 6. The molecular formula is C15H21NO3. The fourth-order valence-corrected chi connectivity index (χ4v) is 1.95. The summed E-state index contributed by atoms with van der Waals surface area (Å²) >= 11 is 0. The monoisotopic (exact) mass is 263 g/mol. The Kier molecular flexibility index (Phi) is 5.72. The molecule has 1 aliphatic heterocycles. The number of hydrogen-bond acceptors (Lipinski definition) is 4. The zero-order valence-corrected chi connectivity index (χ0v) is 11.4. The molecule has 4 nitrogen and oxygen atoms in total. The normalized spacial score (nSPS) is 16.7. The molecule has 0 radical (unpaired) electrons. The molecule has 0 atom stereocenters. The second kappa shape index (κ2) is 7.81. The molecule has 1 aromatic carbocycles. The maximum Gasteiger partial charge on any atom is 0.161 e. The molecular weight excluding hydrogens is 242 g/mol. The van der Waals surface area contributed by atoms with Crippen molar-refractivity contribution >= 4 is 0 Å². The average Bonchev–Trinajstić information content (AvgIpc) is 2.48. The second-order valence-electron chi connectivity index (χ2n) is 4.35. The highest BCUT2D eigenvalue weighted by atomic mass is 16.5. The zero-order chi connectivity index (χ0) is 13.3. The third-order valence-corrected chi connectivity index (χ3v) is 3.04. The first kappa shape index (κ1) is 13.9. The van der Waals surface area contributed by atoms with Crippen LogP contribution in [0.1, 0.15) is 0 Å². The van der Waals surface area contributed by atoms with Crippen LogP contribution in [0, 0.1) is 0 Å². The van der Waals surface area contributed by atoms with Crippen LogP contribution in [-0.2, 0) is 4.74 Å². The minimum atomic E-state index is 0.560. The molecule has 1 aliphatic rings. The van der Waals surface area contributed by atoms with Crippen LogP contribution in [0.2, 0.25) is 0 Å². The molecule has 1 fully saturated rings. The number of nitrogens with zero attached hydrogens (tertiary/aromatic N) is 1. The lowest BCUT2D eigenvalue weighted by Gasteiger charge is -2.25. The first-order chi connectivity index (χ1) is 9.40. The molecule has 104 valence electrons. The van der Waals surface area contributed by atoms with Gasteiger partial charge >= 0.3 is 0 Å². The van der Waals surface area contributed by atoms with Crippen molar-refractivity contribution < 1.29 is 14.2 Å². The average molecular weight is 263 g/mol. The lowest BCUT2D eigenvalue weighted by molar-refractivity contribution is 0.0434. The molecule has 19 heavy (non-hydrogen) atoms. The van der Waals surface area contributed by atoms with Gasteiger partial charge in [-0.15, -0.1) is 0 Å². The van der Waals surface area contributed by atoms with E-state index in [0.29, 0.717) is 6.61 Å². The van der Waals surface area contributed by atoms with Crippen molar-refractivity contribution in [3.63, 3.8) is 0 Å². The molecule has 0 amide bonds. The Morgan fingerprint density at radius 2 is 1.89 bits per heavy atom. The van der Waals surface area contributed by atoms with Crippen LogP contribution in [0.15, 0.2) is 36.4 Å². The zero-order valence-electron chi connectivity index (χ0n) is 11.4. The van der Waals surface area contributed by atoms with E-state index in [1.54, 1.807) is 7.11 Å². The van der Waals surface area contributed by atoms with Crippen molar-refractivity contribution in [2.24, 2.45) is 0 Å². The maximum atomic E-state index is 5.66. The third kappa shape index (κ3) is 4.58. The number of benzene rings is 1. The van der Waals surface area contributed by atoms with Gasteiger partial charge in [-0.25, -0.2) is 0 Å². The number of ether oxygens (including phenoxy) is 3. The van der Waals surface area contributed by atoms with Crippen LogP contribution in [0.3, 0.4) is 0 Å². The molecule has 0 N–H and O–H groups in total. The van der Waals surface area contributed by atoms with Crippen LogP contribution >= 0.6 is 0 Å². The van der Waals surface area contributed by atoms with Crippen LogP contribution in [0.25, 0.3) is 0 Å². The summed E-state index contributed by atoms with van der Waals surface area (Å²) < 4.78 is 16.2. The van der Waals surface area contributed by atoms with Crippen molar-refractivity contribution in [3.05, 3.63) is 36.4 Å². The molecule has 2 rings (SSSR count). The van der Waals surface area contributed by atoms with E-state index in [-0.39, 0.29) is 0 Å². The summed E-state index contributed by atoms with van der Waals surface area (Å²) in [7, 11) is 1.65. The quantitative estimate of drug-likeness (QED) is 0.734. The van der Waals surface area contributed by atoms with Gasteiger partial charge in [0.1, 0.15) is 6.61 Å².